The van der Waals surface area contributed by atoms with Gasteiger partial charge in [-0.1, -0.05) is 127 Å². The highest BCUT2D eigenvalue weighted by Gasteiger charge is 2.18. The second-order valence-electron chi connectivity index (χ2n) is 12.9. The van der Waals surface area contributed by atoms with Crippen LogP contribution in [0.5, 0.6) is 0 Å². The Balaban J connectivity index is 1.09. The molecule has 2 aromatic heterocycles. The summed E-state index contributed by atoms with van der Waals surface area (Å²) in [6.07, 6.45) is 0. The second-order valence-corrected chi connectivity index (χ2v) is 14.0. The molecule has 2 nitrogen and oxygen atoms in total. The Kier molecular flexibility index (Phi) is 7.04. The monoisotopic (exact) mass is 668 g/mol. The van der Waals surface area contributed by atoms with Crippen molar-refractivity contribution in [2.75, 3.05) is 4.90 Å². The number of nitrogens with zero attached hydrogens (tertiary/aromatic N) is 2. The van der Waals surface area contributed by atoms with Crippen molar-refractivity contribution in [3.8, 4) is 27.9 Å². The molecule has 240 valence electrons. The summed E-state index contributed by atoms with van der Waals surface area (Å²) in [4.78, 5) is 2.30. The Morgan fingerprint density at radius 1 is 0.373 bits per heavy atom. The lowest BCUT2D eigenvalue weighted by Gasteiger charge is -2.25. The summed E-state index contributed by atoms with van der Waals surface area (Å²) in [6.45, 7) is 0. The zero-order valence-electron chi connectivity index (χ0n) is 27.8. The van der Waals surface area contributed by atoms with Crippen LogP contribution in [0.15, 0.2) is 194 Å². The van der Waals surface area contributed by atoms with Crippen molar-refractivity contribution in [1.82, 2.24) is 4.57 Å². The van der Waals surface area contributed by atoms with Crippen LogP contribution in [0.2, 0.25) is 0 Å². The van der Waals surface area contributed by atoms with E-state index >= 15 is 0 Å². The fourth-order valence-electron chi connectivity index (χ4n) is 7.69. The Hall–Kier alpha value is -6.42. The van der Waals surface area contributed by atoms with Gasteiger partial charge >= 0.3 is 0 Å². The molecule has 0 saturated carbocycles. The van der Waals surface area contributed by atoms with Crippen molar-refractivity contribution in [3.63, 3.8) is 0 Å². The Morgan fingerprint density at radius 2 is 0.922 bits per heavy atom. The highest BCUT2D eigenvalue weighted by molar-refractivity contribution is 7.26. The fraction of sp³-hybridized carbons (Fsp3) is 0. The van der Waals surface area contributed by atoms with Crippen LogP contribution in [-0.4, -0.2) is 4.57 Å². The van der Waals surface area contributed by atoms with Gasteiger partial charge < -0.3 is 9.47 Å². The zero-order valence-corrected chi connectivity index (χ0v) is 28.6. The van der Waals surface area contributed by atoms with Gasteiger partial charge in [-0.3, -0.25) is 0 Å². The molecule has 0 saturated heterocycles. The summed E-state index contributed by atoms with van der Waals surface area (Å²) in [6, 6.07) is 70.2. The zero-order chi connectivity index (χ0) is 33.7. The van der Waals surface area contributed by atoms with Crippen molar-refractivity contribution in [1.29, 1.82) is 0 Å². The number of aromatic nitrogens is 1. The van der Waals surface area contributed by atoms with Gasteiger partial charge in [-0.2, -0.15) is 0 Å². The normalized spacial score (nSPS) is 11.5. The van der Waals surface area contributed by atoms with E-state index in [0.29, 0.717) is 0 Å². The molecule has 0 N–H and O–H groups in total. The maximum atomic E-state index is 2.46. The van der Waals surface area contributed by atoms with E-state index in [1.807, 2.05) is 11.3 Å². The van der Waals surface area contributed by atoms with Crippen LogP contribution >= 0.6 is 11.3 Å². The van der Waals surface area contributed by atoms with E-state index in [1.165, 1.54) is 69.9 Å². The minimum absolute atomic E-state index is 1.12. The van der Waals surface area contributed by atoms with Gasteiger partial charge in [0.1, 0.15) is 0 Å². The van der Waals surface area contributed by atoms with Crippen LogP contribution in [0.4, 0.5) is 17.1 Å². The number of hydrogen-bond donors (Lipinski definition) is 0. The van der Waals surface area contributed by atoms with Gasteiger partial charge in [-0.05, 0) is 89.0 Å². The molecule has 0 fully saturated rings. The first-order chi connectivity index (χ1) is 25.3. The molecule has 2 heterocycles. The maximum absolute atomic E-state index is 2.46. The first-order valence-corrected chi connectivity index (χ1v) is 18.2. The van der Waals surface area contributed by atoms with Gasteiger partial charge in [0, 0.05) is 43.3 Å². The van der Waals surface area contributed by atoms with E-state index in [9.17, 15) is 0 Å². The van der Waals surface area contributed by atoms with E-state index in [2.05, 4.69) is 204 Å². The topological polar surface area (TPSA) is 8.17 Å². The molecule has 0 aliphatic rings. The van der Waals surface area contributed by atoms with Crippen molar-refractivity contribution >= 4 is 70.4 Å². The van der Waals surface area contributed by atoms with Crippen LogP contribution in [0.3, 0.4) is 0 Å². The lowest BCUT2D eigenvalue weighted by atomic mass is 9.93. The van der Waals surface area contributed by atoms with E-state index in [0.717, 1.165) is 17.1 Å². The molecule has 0 bridgehead atoms. The Bertz CT molecular complexity index is 2810. The van der Waals surface area contributed by atoms with Crippen LogP contribution in [0.1, 0.15) is 0 Å². The van der Waals surface area contributed by atoms with Crippen molar-refractivity contribution in [2.24, 2.45) is 0 Å². The summed E-state index contributed by atoms with van der Waals surface area (Å²) < 4.78 is 5.10. The average molecular weight is 669 g/mol. The summed E-state index contributed by atoms with van der Waals surface area (Å²) in [5.41, 5.74) is 11.9. The van der Waals surface area contributed by atoms with Crippen molar-refractivity contribution < 1.29 is 0 Å². The molecule has 0 atom stereocenters. The molecular formula is C48H32N2S. The molecule has 0 aliphatic carbocycles. The van der Waals surface area contributed by atoms with Gasteiger partial charge in [-0.25, -0.2) is 0 Å². The van der Waals surface area contributed by atoms with Gasteiger partial charge in [-0.15, -0.1) is 11.3 Å². The molecule has 51 heavy (non-hydrogen) atoms. The summed E-state index contributed by atoms with van der Waals surface area (Å²) in [5, 5.41) is 5.15. The standard InChI is InChI=1S/C48H32N2S/c1-3-14-35(15-4-1)49(36-16-5-2-6-17-36)37-29-26-33(27-30-37)38-18-7-8-19-39(38)34-28-31-45-43(32-34)40-20-9-11-23-44(40)50(45)46-24-13-22-42-41-21-10-12-25-47(41)51-48(42)46/h1-32H. The van der Waals surface area contributed by atoms with Gasteiger partial charge in [0.25, 0.3) is 0 Å². The summed E-state index contributed by atoms with van der Waals surface area (Å²) >= 11 is 1.88. The number of para-hydroxylation sites is 3. The van der Waals surface area contributed by atoms with Crippen LogP contribution < -0.4 is 4.90 Å². The van der Waals surface area contributed by atoms with E-state index in [4.69, 9.17) is 0 Å². The predicted molar refractivity (Wildman–Crippen MR) is 219 cm³/mol. The number of rotatable bonds is 6. The third kappa shape index (κ3) is 4.93. The minimum atomic E-state index is 1.12. The molecule has 3 heteroatoms. The average Bonchev–Trinajstić information content (AvgIpc) is 3.75. The highest BCUT2D eigenvalue weighted by Crippen LogP contribution is 2.43. The molecule has 0 spiro atoms. The minimum Gasteiger partial charge on any atom is -0.311 e. The smallest absolute Gasteiger partial charge is 0.0640 e. The Labute approximate surface area is 300 Å². The highest BCUT2D eigenvalue weighted by atomic mass is 32.1. The van der Waals surface area contributed by atoms with Crippen molar-refractivity contribution in [2.45, 2.75) is 0 Å². The fourth-order valence-corrected chi connectivity index (χ4v) is 8.89. The third-order valence-electron chi connectivity index (χ3n) is 10.0. The van der Waals surface area contributed by atoms with Gasteiger partial charge in [0.2, 0.25) is 0 Å². The molecule has 0 unspecified atom stereocenters. The lowest BCUT2D eigenvalue weighted by Crippen LogP contribution is -2.09. The van der Waals surface area contributed by atoms with Gasteiger partial charge in [0.05, 0.1) is 21.4 Å². The SMILES string of the molecule is c1ccc(N(c2ccccc2)c2ccc(-c3ccccc3-c3ccc4c(c3)c3ccccc3n4-c3cccc4c3sc3ccccc34)cc2)cc1. The summed E-state index contributed by atoms with van der Waals surface area (Å²) in [7, 11) is 0. The maximum Gasteiger partial charge on any atom is 0.0640 e. The largest absolute Gasteiger partial charge is 0.311 e. The molecule has 0 amide bonds. The van der Waals surface area contributed by atoms with E-state index < -0.39 is 0 Å². The number of thiophene rings is 1. The first kappa shape index (κ1) is 29.5. The van der Waals surface area contributed by atoms with Crippen LogP contribution in [-0.2, 0) is 0 Å². The van der Waals surface area contributed by atoms with Crippen LogP contribution in [0, 0.1) is 0 Å². The molecule has 8 aromatic carbocycles. The number of hydrogen-bond acceptors (Lipinski definition) is 2. The lowest BCUT2D eigenvalue weighted by molar-refractivity contribution is 1.20. The number of anilines is 3. The third-order valence-corrected chi connectivity index (χ3v) is 11.2. The number of benzene rings is 8. The molecule has 0 aliphatic heterocycles. The van der Waals surface area contributed by atoms with Crippen LogP contribution in [0.25, 0.3) is 69.9 Å². The molecule has 10 rings (SSSR count). The van der Waals surface area contributed by atoms with Crippen molar-refractivity contribution in [3.05, 3.63) is 194 Å². The predicted octanol–water partition coefficient (Wildman–Crippen LogP) is 14.0. The van der Waals surface area contributed by atoms with Gasteiger partial charge in [0.15, 0.2) is 0 Å². The number of fused-ring (bicyclic) bond motifs is 6. The molecule has 0 radical (unpaired) electrons. The quantitative estimate of drug-likeness (QED) is 0.171. The van der Waals surface area contributed by atoms with E-state index in [1.54, 1.807) is 0 Å². The second kappa shape index (κ2) is 12.2. The van der Waals surface area contributed by atoms with E-state index in [-0.39, 0.29) is 0 Å². The first-order valence-electron chi connectivity index (χ1n) is 17.4. The molecule has 10 aromatic rings. The molecular weight excluding hydrogens is 637 g/mol. The Morgan fingerprint density at radius 3 is 1.67 bits per heavy atom. The summed E-state index contributed by atoms with van der Waals surface area (Å²) in [5.74, 6) is 0.